The Hall–Kier alpha value is -1.56. The summed E-state index contributed by atoms with van der Waals surface area (Å²) in [6, 6.07) is 9.84. The van der Waals surface area contributed by atoms with Gasteiger partial charge >= 0.3 is 0 Å². The lowest BCUT2D eigenvalue weighted by Crippen LogP contribution is -2.28. The highest BCUT2D eigenvalue weighted by Gasteiger charge is 2.31. The first-order valence-electron chi connectivity index (χ1n) is 8.12. The summed E-state index contributed by atoms with van der Waals surface area (Å²) in [5, 5.41) is 0.714. The molecular formula is C19H19ClN2OS2. The van der Waals surface area contributed by atoms with Gasteiger partial charge in [-0.25, -0.2) is 0 Å². The molecule has 6 heteroatoms. The SMILES string of the molecule is CCCN1C(=O)/C(=C/c2cc(C)n(-c3ccc(Cl)cc3)c2C)SC1=S. The fourth-order valence-corrected chi connectivity index (χ4v) is 4.40. The number of nitrogens with zero attached hydrogens (tertiary/aromatic N) is 2. The molecule has 2 heterocycles. The van der Waals surface area contributed by atoms with Crippen LogP contribution in [0.4, 0.5) is 0 Å². The third-order valence-corrected chi connectivity index (χ3v) is 5.79. The molecular weight excluding hydrogens is 372 g/mol. The topological polar surface area (TPSA) is 25.2 Å². The number of thiocarbonyl (C=S) groups is 1. The van der Waals surface area contributed by atoms with Crippen LogP contribution in [0.1, 0.15) is 30.3 Å². The number of aromatic nitrogens is 1. The van der Waals surface area contributed by atoms with Crippen molar-refractivity contribution in [1.29, 1.82) is 0 Å². The van der Waals surface area contributed by atoms with Crippen LogP contribution in [-0.4, -0.2) is 26.2 Å². The Morgan fingerprint density at radius 2 is 1.92 bits per heavy atom. The van der Waals surface area contributed by atoms with E-state index in [0.29, 0.717) is 20.8 Å². The monoisotopic (exact) mass is 390 g/mol. The first kappa shape index (κ1) is 18.2. The molecule has 1 amide bonds. The van der Waals surface area contributed by atoms with Gasteiger partial charge in [-0.3, -0.25) is 9.69 Å². The highest BCUT2D eigenvalue weighted by atomic mass is 35.5. The summed E-state index contributed by atoms with van der Waals surface area (Å²) in [4.78, 5) is 14.9. The van der Waals surface area contributed by atoms with Crippen LogP contribution in [0.25, 0.3) is 11.8 Å². The molecule has 1 aliphatic heterocycles. The minimum absolute atomic E-state index is 0.00754. The molecule has 1 aromatic heterocycles. The Labute approximate surface area is 162 Å². The van der Waals surface area contributed by atoms with Crippen LogP contribution in [0.15, 0.2) is 35.2 Å². The predicted octanol–water partition coefficient (Wildman–Crippen LogP) is 5.36. The summed E-state index contributed by atoms with van der Waals surface area (Å²) >= 11 is 12.7. The van der Waals surface area contributed by atoms with Crippen molar-refractivity contribution in [2.24, 2.45) is 0 Å². The van der Waals surface area contributed by atoms with Gasteiger partial charge in [0.25, 0.3) is 5.91 Å². The van der Waals surface area contributed by atoms with E-state index in [2.05, 4.69) is 24.5 Å². The summed E-state index contributed by atoms with van der Waals surface area (Å²) in [5.41, 5.74) is 4.28. The molecule has 25 heavy (non-hydrogen) atoms. The number of amides is 1. The van der Waals surface area contributed by atoms with E-state index in [0.717, 1.165) is 29.1 Å². The number of rotatable bonds is 4. The van der Waals surface area contributed by atoms with Crippen molar-refractivity contribution in [2.75, 3.05) is 6.54 Å². The van der Waals surface area contributed by atoms with Crippen LogP contribution in [0, 0.1) is 13.8 Å². The molecule has 0 saturated carbocycles. The van der Waals surface area contributed by atoms with Crippen LogP contribution in [0.3, 0.4) is 0 Å². The van der Waals surface area contributed by atoms with E-state index in [1.807, 2.05) is 37.3 Å². The lowest BCUT2D eigenvalue weighted by atomic mass is 10.2. The standard InChI is InChI=1S/C19H19ClN2OS2/c1-4-9-21-18(23)17(25-19(21)24)11-14-10-12(2)22(13(14)3)16-7-5-15(20)6-8-16/h5-8,10-11H,4,9H2,1-3H3/b17-11-. The quantitative estimate of drug-likeness (QED) is 0.519. The van der Waals surface area contributed by atoms with Crippen molar-refractivity contribution in [3.8, 4) is 5.69 Å². The van der Waals surface area contributed by atoms with Crippen LogP contribution < -0.4 is 0 Å². The van der Waals surface area contributed by atoms with Crippen molar-refractivity contribution < 1.29 is 4.79 Å². The highest BCUT2D eigenvalue weighted by Crippen LogP contribution is 2.34. The number of hydrogen-bond donors (Lipinski definition) is 0. The molecule has 0 aliphatic carbocycles. The van der Waals surface area contributed by atoms with Gasteiger partial charge in [0, 0.05) is 28.6 Å². The maximum atomic E-state index is 12.5. The van der Waals surface area contributed by atoms with E-state index in [1.165, 1.54) is 11.8 Å². The average Bonchev–Trinajstić information content (AvgIpc) is 3.00. The second-order valence-electron chi connectivity index (χ2n) is 5.97. The van der Waals surface area contributed by atoms with Gasteiger partial charge in [-0.1, -0.05) is 42.5 Å². The largest absolute Gasteiger partial charge is 0.318 e. The van der Waals surface area contributed by atoms with Gasteiger partial charge in [0.15, 0.2) is 0 Å². The number of carbonyl (C=O) groups excluding carboxylic acids is 1. The molecule has 3 rings (SSSR count). The second kappa shape index (κ2) is 7.36. The molecule has 3 nitrogen and oxygen atoms in total. The van der Waals surface area contributed by atoms with Crippen molar-refractivity contribution in [1.82, 2.24) is 9.47 Å². The molecule has 0 bridgehead atoms. The molecule has 0 radical (unpaired) electrons. The van der Waals surface area contributed by atoms with E-state index in [9.17, 15) is 4.79 Å². The number of hydrogen-bond acceptors (Lipinski definition) is 3. The van der Waals surface area contributed by atoms with Gasteiger partial charge in [-0.05, 0) is 62.2 Å². The second-order valence-corrected chi connectivity index (χ2v) is 8.08. The lowest BCUT2D eigenvalue weighted by Gasteiger charge is -2.12. The van der Waals surface area contributed by atoms with Gasteiger partial charge in [-0.2, -0.15) is 0 Å². The van der Waals surface area contributed by atoms with E-state index in [-0.39, 0.29) is 5.91 Å². The number of halogens is 1. The Morgan fingerprint density at radius 3 is 2.56 bits per heavy atom. The molecule has 0 spiro atoms. The molecule has 0 unspecified atom stereocenters. The van der Waals surface area contributed by atoms with Gasteiger partial charge in [-0.15, -0.1) is 0 Å². The Bertz CT molecular complexity index is 868. The summed E-state index contributed by atoms with van der Waals surface area (Å²) in [5.74, 6) is 0.00754. The fourth-order valence-electron chi connectivity index (χ4n) is 2.98. The van der Waals surface area contributed by atoms with Gasteiger partial charge in [0.1, 0.15) is 4.32 Å². The van der Waals surface area contributed by atoms with Crippen LogP contribution >= 0.6 is 35.6 Å². The smallest absolute Gasteiger partial charge is 0.266 e. The number of benzene rings is 1. The number of carbonyl (C=O) groups is 1. The van der Waals surface area contributed by atoms with E-state index < -0.39 is 0 Å². The molecule has 1 aliphatic rings. The van der Waals surface area contributed by atoms with Crippen LogP contribution in [-0.2, 0) is 4.79 Å². The predicted molar refractivity (Wildman–Crippen MR) is 110 cm³/mol. The van der Waals surface area contributed by atoms with Gasteiger partial charge in [0.05, 0.1) is 4.91 Å². The maximum absolute atomic E-state index is 12.5. The Balaban J connectivity index is 1.97. The first-order chi connectivity index (χ1) is 11.9. The summed E-state index contributed by atoms with van der Waals surface area (Å²) in [6.07, 6.45) is 2.84. The summed E-state index contributed by atoms with van der Waals surface area (Å²) in [7, 11) is 0. The fraction of sp³-hybridized carbons (Fsp3) is 0.263. The molecule has 1 aromatic carbocycles. The highest BCUT2D eigenvalue weighted by molar-refractivity contribution is 8.26. The third kappa shape index (κ3) is 3.54. The first-order valence-corrected chi connectivity index (χ1v) is 9.73. The molecule has 2 aromatic rings. The minimum Gasteiger partial charge on any atom is -0.318 e. The van der Waals surface area contributed by atoms with Crippen molar-refractivity contribution in [3.63, 3.8) is 0 Å². The average molecular weight is 391 g/mol. The van der Waals surface area contributed by atoms with E-state index in [1.54, 1.807) is 4.90 Å². The third-order valence-electron chi connectivity index (χ3n) is 4.16. The summed E-state index contributed by atoms with van der Waals surface area (Å²) in [6.45, 7) is 6.83. The van der Waals surface area contributed by atoms with Crippen LogP contribution in [0.5, 0.6) is 0 Å². The Morgan fingerprint density at radius 1 is 1.24 bits per heavy atom. The normalized spacial score (nSPS) is 16.3. The zero-order valence-electron chi connectivity index (χ0n) is 14.4. The van der Waals surface area contributed by atoms with Crippen molar-refractivity contribution >= 4 is 51.9 Å². The van der Waals surface area contributed by atoms with Gasteiger partial charge < -0.3 is 4.57 Å². The minimum atomic E-state index is 0.00754. The molecule has 130 valence electrons. The molecule has 1 fully saturated rings. The zero-order valence-corrected chi connectivity index (χ0v) is 16.8. The van der Waals surface area contributed by atoms with E-state index in [4.69, 9.17) is 23.8 Å². The molecule has 1 saturated heterocycles. The lowest BCUT2D eigenvalue weighted by molar-refractivity contribution is -0.122. The van der Waals surface area contributed by atoms with Gasteiger partial charge in [0.2, 0.25) is 0 Å². The van der Waals surface area contributed by atoms with Crippen molar-refractivity contribution in [3.05, 3.63) is 57.2 Å². The van der Waals surface area contributed by atoms with Crippen molar-refractivity contribution in [2.45, 2.75) is 27.2 Å². The van der Waals surface area contributed by atoms with E-state index >= 15 is 0 Å². The Kier molecular flexibility index (Phi) is 5.37. The maximum Gasteiger partial charge on any atom is 0.266 e. The summed E-state index contributed by atoms with van der Waals surface area (Å²) < 4.78 is 2.80. The molecule has 0 atom stereocenters. The number of aryl methyl sites for hydroxylation is 1. The molecule has 0 N–H and O–H groups in total. The van der Waals surface area contributed by atoms with Crippen LogP contribution in [0.2, 0.25) is 5.02 Å². The zero-order chi connectivity index (χ0) is 18.1. The number of thioether (sulfide) groups is 1.